The van der Waals surface area contributed by atoms with Crippen molar-refractivity contribution in [3.05, 3.63) is 0 Å². The van der Waals surface area contributed by atoms with E-state index in [-0.39, 0.29) is 0 Å². The molecule has 0 aromatic carbocycles. The van der Waals surface area contributed by atoms with Crippen LogP contribution in [-0.2, 0) is 33.5 Å². The van der Waals surface area contributed by atoms with E-state index in [4.69, 9.17) is 10.2 Å². The predicted molar refractivity (Wildman–Crippen MR) is 71.6 cm³/mol. The Kier molecular flexibility index (Phi) is 8.56. The van der Waals surface area contributed by atoms with Gasteiger partial charge in [-0.3, -0.25) is 19.2 Å². The summed E-state index contributed by atoms with van der Waals surface area (Å²) in [7, 11) is 0. The average molecular weight is 440 g/mol. The second kappa shape index (κ2) is 9.69. The second-order valence-electron chi connectivity index (χ2n) is 4.98. The van der Waals surface area contributed by atoms with Crippen molar-refractivity contribution in [2.24, 2.45) is 0 Å². The molecule has 29 heavy (non-hydrogen) atoms. The quantitative estimate of drug-likeness (QED) is 0.212. The van der Waals surface area contributed by atoms with Crippen molar-refractivity contribution in [3.63, 3.8) is 0 Å². The Labute approximate surface area is 155 Å². The summed E-state index contributed by atoms with van der Waals surface area (Å²) in [5.74, 6) is -13.8. The van der Waals surface area contributed by atoms with Crippen molar-refractivity contribution < 1.29 is 70.1 Å². The molecule has 0 spiro atoms. The van der Waals surface area contributed by atoms with E-state index < -0.39 is 73.0 Å². The first-order valence-corrected chi connectivity index (χ1v) is 6.89. The molecule has 11 nitrogen and oxygen atoms in total. The summed E-state index contributed by atoms with van der Waals surface area (Å²) in [4.78, 5) is 66.1. The molecule has 164 valence electrons. The van der Waals surface area contributed by atoms with Crippen LogP contribution in [0.4, 0.5) is 26.3 Å². The summed E-state index contributed by atoms with van der Waals surface area (Å²) in [5.41, 5.74) is 0. The Hall–Kier alpha value is -3.40. The number of carboxylic acids is 2. The lowest BCUT2D eigenvalue weighted by Gasteiger charge is -2.19. The summed E-state index contributed by atoms with van der Waals surface area (Å²) in [6.45, 7) is 0. The first-order chi connectivity index (χ1) is 12.9. The first kappa shape index (κ1) is 25.6. The van der Waals surface area contributed by atoms with Gasteiger partial charge >= 0.3 is 48.0 Å². The maximum Gasteiger partial charge on any atom is 0.471 e. The molecule has 0 aromatic heterocycles. The van der Waals surface area contributed by atoms with Gasteiger partial charge in [-0.15, -0.1) is 0 Å². The zero-order valence-corrected chi connectivity index (χ0v) is 13.6. The third kappa shape index (κ3) is 9.38. The van der Waals surface area contributed by atoms with Crippen LogP contribution < -0.4 is 10.6 Å². The first-order valence-electron chi connectivity index (χ1n) is 6.89. The molecule has 2 amide bonds. The summed E-state index contributed by atoms with van der Waals surface area (Å²) in [6, 6.07) is -5.23. The van der Waals surface area contributed by atoms with E-state index in [0.717, 1.165) is 10.6 Å². The number of hydrogen-bond acceptors (Lipinski definition) is 7. The molecule has 0 bridgehead atoms. The molecule has 2 atom stereocenters. The number of rotatable bonds is 8. The number of halogens is 6. The van der Waals surface area contributed by atoms with Crippen LogP contribution in [0.2, 0.25) is 0 Å². The number of carbonyl (C=O) groups excluding carboxylic acids is 4. The summed E-state index contributed by atoms with van der Waals surface area (Å²) >= 11 is 0. The number of nitrogens with one attached hydrogen (secondary N) is 2. The highest BCUT2D eigenvalue weighted by molar-refractivity contribution is 5.98. The molecule has 0 saturated carbocycles. The fourth-order valence-electron chi connectivity index (χ4n) is 1.46. The number of carboxylic acid groups (broad SMARTS) is 2. The van der Waals surface area contributed by atoms with Gasteiger partial charge in [0.2, 0.25) is 0 Å². The van der Waals surface area contributed by atoms with Crippen LogP contribution >= 0.6 is 0 Å². The maximum absolute atomic E-state index is 12.2. The van der Waals surface area contributed by atoms with Gasteiger partial charge in [-0.1, -0.05) is 0 Å². The summed E-state index contributed by atoms with van der Waals surface area (Å²) < 4.78 is 77.0. The van der Waals surface area contributed by atoms with E-state index in [2.05, 4.69) is 4.74 Å². The van der Waals surface area contributed by atoms with Crippen molar-refractivity contribution in [3.8, 4) is 0 Å². The van der Waals surface area contributed by atoms with Gasteiger partial charge in [0.25, 0.3) is 0 Å². The SMILES string of the molecule is O=C(O)CC(NC(=O)C(F)(F)F)C(=O)OC(=O)C(CC(=O)O)NC(=O)C(F)(F)F. The predicted octanol–water partition coefficient (Wildman–Crippen LogP) is -0.900. The molecule has 17 heteroatoms. The van der Waals surface area contributed by atoms with E-state index in [1.54, 1.807) is 0 Å². The average Bonchev–Trinajstić information content (AvgIpc) is 2.50. The van der Waals surface area contributed by atoms with Crippen LogP contribution in [0.15, 0.2) is 0 Å². The monoisotopic (exact) mass is 440 g/mol. The summed E-state index contributed by atoms with van der Waals surface area (Å²) in [6.07, 6.45) is -14.2. The molecule has 0 aromatic rings. The Balaban J connectivity index is 5.42. The maximum atomic E-state index is 12.2. The minimum atomic E-state index is -5.58. The molecule has 0 saturated heterocycles. The molecule has 0 aliphatic rings. The van der Waals surface area contributed by atoms with Crippen LogP contribution in [0.1, 0.15) is 12.8 Å². The van der Waals surface area contributed by atoms with Crippen LogP contribution in [0.25, 0.3) is 0 Å². The molecular weight excluding hydrogens is 430 g/mol. The van der Waals surface area contributed by atoms with Gasteiger partial charge in [0.1, 0.15) is 12.1 Å². The van der Waals surface area contributed by atoms with E-state index in [9.17, 15) is 55.1 Å². The molecule has 0 heterocycles. The zero-order chi connectivity index (χ0) is 23.2. The van der Waals surface area contributed by atoms with E-state index in [0.29, 0.717) is 0 Å². The molecule has 2 unspecified atom stereocenters. The third-order valence-electron chi connectivity index (χ3n) is 2.65. The molecule has 0 fully saturated rings. The van der Waals surface area contributed by atoms with Crippen LogP contribution in [-0.4, -0.2) is 70.3 Å². The number of amides is 2. The van der Waals surface area contributed by atoms with Crippen molar-refractivity contribution in [2.75, 3.05) is 0 Å². The number of alkyl halides is 6. The Bertz CT molecular complexity index is 645. The Morgan fingerprint density at radius 1 is 0.690 bits per heavy atom. The highest BCUT2D eigenvalue weighted by atomic mass is 19.4. The summed E-state index contributed by atoms with van der Waals surface area (Å²) in [5, 5.41) is 18.8. The lowest BCUT2D eigenvalue weighted by Crippen LogP contribution is -2.52. The van der Waals surface area contributed by atoms with Gasteiger partial charge in [-0.2, -0.15) is 26.3 Å². The minimum Gasteiger partial charge on any atom is -0.481 e. The number of carbonyl (C=O) groups is 6. The largest absolute Gasteiger partial charge is 0.481 e. The lowest BCUT2D eigenvalue weighted by molar-refractivity contribution is -0.179. The topological polar surface area (TPSA) is 176 Å². The molecular formula is C12H10F6N2O9. The molecule has 0 aliphatic carbocycles. The zero-order valence-electron chi connectivity index (χ0n) is 13.6. The van der Waals surface area contributed by atoms with E-state index in [1.807, 2.05) is 0 Å². The van der Waals surface area contributed by atoms with Gasteiger partial charge in [0.05, 0.1) is 12.8 Å². The fraction of sp³-hybridized carbons (Fsp3) is 0.500. The second-order valence-corrected chi connectivity index (χ2v) is 4.98. The van der Waals surface area contributed by atoms with Gasteiger partial charge in [0, 0.05) is 0 Å². The van der Waals surface area contributed by atoms with Crippen LogP contribution in [0.5, 0.6) is 0 Å². The minimum absolute atomic E-state index is 0.883. The van der Waals surface area contributed by atoms with Gasteiger partial charge in [-0.25, -0.2) is 9.59 Å². The van der Waals surface area contributed by atoms with E-state index >= 15 is 0 Å². The van der Waals surface area contributed by atoms with Gasteiger partial charge in [0.15, 0.2) is 0 Å². The number of ether oxygens (including phenoxy) is 1. The van der Waals surface area contributed by atoms with Crippen molar-refractivity contribution in [1.29, 1.82) is 0 Å². The Morgan fingerprint density at radius 2 is 0.966 bits per heavy atom. The molecule has 0 rings (SSSR count). The lowest BCUT2D eigenvalue weighted by atomic mass is 10.2. The van der Waals surface area contributed by atoms with Gasteiger partial charge < -0.3 is 25.6 Å². The van der Waals surface area contributed by atoms with Crippen LogP contribution in [0, 0.1) is 0 Å². The van der Waals surface area contributed by atoms with E-state index in [1.165, 1.54) is 0 Å². The Morgan fingerprint density at radius 3 is 1.17 bits per heavy atom. The fourth-order valence-corrected chi connectivity index (χ4v) is 1.46. The third-order valence-corrected chi connectivity index (χ3v) is 2.65. The van der Waals surface area contributed by atoms with Crippen LogP contribution in [0.3, 0.4) is 0 Å². The normalized spacial score (nSPS) is 13.6. The number of hydrogen-bond donors (Lipinski definition) is 4. The molecule has 0 radical (unpaired) electrons. The number of aliphatic carboxylic acids is 2. The molecule has 0 aliphatic heterocycles. The molecule has 4 N–H and O–H groups in total. The van der Waals surface area contributed by atoms with Crippen molar-refractivity contribution in [1.82, 2.24) is 10.6 Å². The van der Waals surface area contributed by atoms with Crippen molar-refractivity contribution >= 4 is 35.7 Å². The highest BCUT2D eigenvalue weighted by Gasteiger charge is 2.44. The van der Waals surface area contributed by atoms with Crippen molar-refractivity contribution in [2.45, 2.75) is 37.3 Å². The standard InChI is InChI=1S/C12H10F6N2O9/c13-11(14,15)9(27)19-3(1-5(21)22)7(25)29-8(26)4(2-6(23)24)20-10(28)12(16,17)18/h3-4H,1-2H2,(H,19,27)(H,20,28)(H,21,22)(H,23,24). The number of esters is 2. The van der Waals surface area contributed by atoms with Gasteiger partial charge in [-0.05, 0) is 0 Å². The highest BCUT2D eigenvalue weighted by Crippen LogP contribution is 2.16. The smallest absolute Gasteiger partial charge is 0.471 e.